The number of nitrogens with zero attached hydrogens (tertiary/aromatic N) is 4. The van der Waals surface area contributed by atoms with Crippen LogP contribution in [0, 0.1) is 13.8 Å². The number of pyridine rings is 1. The summed E-state index contributed by atoms with van der Waals surface area (Å²) < 4.78 is 0. The van der Waals surface area contributed by atoms with Crippen LogP contribution in [0.3, 0.4) is 0 Å². The Bertz CT molecular complexity index is 656. The minimum absolute atomic E-state index is 0.121. The van der Waals surface area contributed by atoms with Gasteiger partial charge in [-0.3, -0.25) is 4.98 Å². The second-order valence-electron chi connectivity index (χ2n) is 6.75. The SMILES string of the molecule is Cc1nc(N(C2CCCCC2)C(C)c2ccccn2)nc(N)c1C. The lowest BCUT2D eigenvalue weighted by atomic mass is 9.93. The predicted molar refractivity (Wildman–Crippen MR) is 97.9 cm³/mol. The Labute approximate surface area is 144 Å². The van der Waals surface area contributed by atoms with Crippen LogP contribution in [0.25, 0.3) is 0 Å². The van der Waals surface area contributed by atoms with Gasteiger partial charge in [-0.05, 0) is 45.7 Å². The van der Waals surface area contributed by atoms with Crippen LogP contribution in [0.2, 0.25) is 0 Å². The van der Waals surface area contributed by atoms with Gasteiger partial charge in [-0.1, -0.05) is 25.3 Å². The van der Waals surface area contributed by atoms with Crippen molar-refractivity contribution in [3.63, 3.8) is 0 Å². The Morgan fingerprint density at radius 2 is 1.88 bits per heavy atom. The van der Waals surface area contributed by atoms with Crippen molar-refractivity contribution >= 4 is 11.8 Å². The minimum atomic E-state index is 0.121. The fraction of sp³-hybridized carbons (Fsp3) is 0.526. The van der Waals surface area contributed by atoms with Gasteiger partial charge in [-0.2, -0.15) is 4.98 Å². The van der Waals surface area contributed by atoms with Crippen LogP contribution in [0.4, 0.5) is 11.8 Å². The highest BCUT2D eigenvalue weighted by atomic mass is 15.3. The van der Waals surface area contributed by atoms with E-state index in [9.17, 15) is 0 Å². The van der Waals surface area contributed by atoms with Crippen molar-refractivity contribution in [2.75, 3.05) is 10.6 Å². The summed E-state index contributed by atoms with van der Waals surface area (Å²) in [6.45, 7) is 6.16. The molecule has 0 spiro atoms. The normalized spacial score (nSPS) is 16.8. The van der Waals surface area contributed by atoms with Crippen molar-refractivity contribution < 1.29 is 0 Å². The Morgan fingerprint density at radius 1 is 1.12 bits per heavy atom. The number of aryl methyl sites for hydroxylation is 1. The third-order valence-corrected chi connectivity index (χ3v) is 5.15. The monoisotopic (exact) mass is 325 g/mol. The number of nitrogens with two attached hydrogens (primary N) is 1. The summed E-state index contributed by atoms with van der Waals surface area (Å²) in [5.41, 5.74) is 9.10. The van der Waals surface area contributed by atoms with Gasteiger partial charge in [-0.15, -0.1) is 0 Å². The molecule has 2 N–H and O–H groups in total. The molecule has 1 aliphatic carbocycles. The first-order chi connectivity index (χ1) is 11.6. The second-order valence-corrected chi connectivity index (χ2v) is 6.75. The number of rotatable bonds is 4. The van der Waals surface area contributed by atoms with E-state index in [1.807, 2.05) is 32.2 Å². The fourth-order valence-corrected chi connectivity index (χ4v) is 3.53. The van der Waals surface area contributed by atoms with E-state index in [0.717, 1.165) is 22.9 Å². The lowest BCUT2D eigenvalue weighted by molar-refractivity contribution is 0.388. The van der Waals surface area contributed by atoms with E-state index in [0.29, 0.717) is 11.9 Å². The largest absolute Gasteiger partial charge is 0.383 e. The molecule has 5 heteroatoms. The van der Waals surface area contributed by atoms with E-state index >= 15 is 0 Å². The number of nitrogen functional groups attached to an aromatic ring is 1. The van der Waals surface area contributed by atoms with Crippen LogP contribution in [-0.4, -0.2) is 21.0 Å². The van der Waals surface area contributed by atoms with Gasteiger partial charge >= 0.3 is 0 Å². The first-order valence-corrected chi connectivity index (χ1v) is 8.88. The Hall–Kier alpha value is -2.17. The van der Waals surface area contributed by atoms with Gasteiger partial charge in [-0.25, -0.2) is 4.98 Å². The van der Waals surface area contributed by atoms with E-state index in [4.69, 9.17) is 10.7 Å². The summed E-state index contributed by atoms with van der Waals surface area (Å²) in [7, 11) is 0. The highest BCUT2D eigenvalue weighted by Gasteiger charge is 2.29. The standard InChI is InChI=1S/C19H27N5/c1-13-14(2)22-19(23-18(13)20)24(16-9-5-4-6-10-16)15(3)17-11-7-8-12-21-17/h7-8,11-12,15-16H,4-6,9-10H2,1-3H3,(H2,20,22,23). The summed E-state index contributed by atoms with van der Waals surface area (Å²) in [5.74, 6) is 1.31. The second kappa shape index (κ2) is 7.16. The first-order valence-electron chi connectivity index (χ1n) is 8.88. The van der Waals surface area contributed by atoms with Gasteiger partial charge in [0.2, 0.25) is 5.95 Å². The average Bonchev–Trinajstić information content (AvgIpc) is 2.61. The fourth-order valence-electron chi connectivity index (χ4n) is 3.53. The van der Waals surface area contributed by atoms with Crippen molar-refractivity contribution in [2.45, 2.75) is 65.0 Å². The average molecular weight is 325 g/mol. The molecule has 1 fully saturated rings. The smallest absolute Gasteiger partial charge is 0.228 e. The molecule has 0 saturated heterocycles. The summed E-state index contributed by atoms with van der Waals surface area (Å²) >= 11 is 0. The zero-order valence-electron chi connectivity index (χ0n) is 14.9. The Kier molecular flexibility index (Phi) is 4.97. The van der Waals surface area contributed by atoms with E-state index in [1.54, 1.807) is 0 Å². The van der Waals surface area contributed by atoms with Crippen LogP contribution in [0.15, 0.2) is 24.4 Å². The van der Waals surface area contributed by atoms with E-state index in [2.05, 4.69) is 27.9 Å². The lowest BCUT2D eigenvalue weighted by Gasteiger charge is -2.38. The molecule has 5 nitrogen and oxygen atoms in total. The Balaban J connectivity index is 2.01. The first kappa shape index (κ1) is 16.7. The molecule has 0 aromatic carbocycles. The quantitative estimate of drug-likeness (QED) is 0.921. The van der Waals surface area contributed by atoms with Gasteiger partial charge in [0.05, 0.1) is 11.7 Å². The molecule has 1 unspecified atom stereocenters. The van der Waals surface area contributed by atoms with E-state index in [-0.39, 0.29) is 6.04 Å². The Morgan fingerprint density at radius 3 is 2.50 bits per heavy atom. The molecule has 128 valence electrons. The molecule has 2 aromatic heterocycles. The van der Waals surface area contributed by atoms with Crippen molar-refractivity contribution in [1.29, 1.82) is 0 Å². The van der Waals surface area contributed by atoms with Crippen molar-refractivity contribution in [3.8, 4) is 0 Å². The summed E-state index contributed by atoms with van der Waals surface area (Å²) in [4.78, 5) is 16.3. The molecule has 0 bridgehead atoms. The highest BCUT2D eigenvalue weighted by molar-refractivity contribution is 5.48. The lowest BCUT2D eigenvalue weighted by Crippen LogP contribution is -2.40. The molecular formula is C19H27N5. The van der Waals surface area contributed by atoms with Crippen LogP contribution in [0.5, 0.6) is 0 Å². The molecule has 2 heterocycles. The molecule has 0 amide bonds. The molecule has 2 aromatic rings. The molecule has 1 saturated carbocycles. The highest BCUT2D eigenvalue weighted by Crippen LogP contribution is 2.33. The molecule has 1 atom stereocenters. The van der Waals surface area contributed by atoms with Crippen molar-refractivity contribution in [2.24, 2.45) is 0 Å². The topological polar surface area (TPSA) is 67.9 Å². The molecule has 24 heavy (non-hydrogen) atoms. The molecule has 1 aliphatic rings. The van der Waals surface area contributed by atoms with Gasteiger partial charge in [0.15, 0.2) is 0 Å². The van der Waals surface area contributed by atoms with Gasteiger partial charge in [0.25, 0.3) is 0 Å². The zero-order valence-corrected chi connectivity index (χ0v) is 14.9. The molecule has 0 radical (unpaired) electrons. The van der Waals surface area contributed by atoms with Crippen molar-refractivity contribution in [3.05, 3.63) is 41.3 Å². The van der Waals surface area contributed by atoms with Gasteiger partial charge in [0.1, 0.15) is 5.82 Å². The predicted octanol–water partition coefficient (Wildman–Crippen LogP) is 3.97. The number of anilines is 2. The molecule has 0 aliphatic heterocycles. The van der Waals surface area contributed by atoms with Crippen LogP contribution in [-0.2, 0) is 0 Å². The van der Waals surface area contributed by atoms with Crippen LogP contribution >= 0.6 is 0 Å². The third kappa shape index (κ3) is 3.35. The summed E-state index contributed by atoms with van der Waals surface area (Å²) in [6.07, 6.45) is 8.03. The maximum atomic E-state index is 6.13. The van der Waals surface area contributed by atoms with Crippen LogP contribution < -0.4 is 10.6 Å². The summed E-state index contributed by atoms with van der Waals surface area (Å²) in [5, 5.41) is 0. The van der Waals surface area contributed by atoms with Gasteiger partial charge in [0, 0.05) is 23.5 Å². The van der Waals surface area contributed by atoms with E-state index in [1.165, 1.54) is 32.1 Å². The number of hydrogen-bond acceptors (Lipinski definition) is 5. The molecule has 3 rings (SSSR count). The zero-order chi connectivity index (χ0) is 17.1. The summed E-state index contributed by atoms with van der Waals surface area (Å²) in [6, 6.07) is 6.62. The van der Waals surface area contributed by atoms with E-state index < -0.39 is 0 Å². The number of aromatic nitrogens is 3. The number of hydrogen-bond donors (Lipinski definition) is 1. The maximum absolute atomic E-state index is 6.13. The molecular weight excluding hydrogens is 298 g/mol. The van der Waals surface area contributed by atoms with Gasteiger partial charge < -0.3 is 10.6 Å². The minimum Gasteiger partial charge on any atom is -0.383 e. The third-order valence-electron chi connectivity index (χ3n) is 5.15. The maximum Gasteiger partial charge on any atom is 0.228 e. The van der Waals surface area contributed by atoms with Crippen LogP contribution in [0.1, 0.15) is 62.0 Å². The van der Waals surface area contributed by atoms with Crippen molar-refractivity contribution in [1.82, 2.24) is 15.0 Å².